The van der Waals surface area contributed by atoms with Gasteiger partial charge in [0.05, 0.1) is 23.9 Å². The maximum Gasteiger partial charge on any atom is 0.255 e. The number of hydrogen-bond acceptors (Lipinski definition) is 5. The molecule has 306 valence electrons. The molecule has 1 fully saturated rings. The first-order chi connectivity index (χ1) is 26.7. The number of rotatable bonds is 12. The Balaban J connectivity index is 1.59. The lowest BCUT2D eigenvalue weighted by atomic mass is 9.86. The zero-order valence-electron chi connectivity index (χ0n) is 35.7. The molecule has 1 saturated heterocycles. The summed E-state index contributed by atoms with van der Waals surface area (Å²) in [6.45, 7) is 25.8. The number of pyridine rings is 1. The molecule has 1 aliphatic rings. The van der Waals surface area contributed by atoms with Crippen LogP contribution >= 0.6 is 23.2 Å². The van der Waals surface area contributed by atoms with Crippen molar-refractivity contribution >= 4 is 50.7 Å². The molecule has 2 aromatic heterocycles. The van der Waals surface area contributed by atoms with Gasteiger partial charge in [0.25, 0.3) is 5.56 Å². The average Bonchev–Trinajstić information content (AvgIpc) is 3.47. The molecule has 11 heteroatoms. The van der Waals surface area contributed by atoms with Crippen LogP contribution in [0.5, 0.6) is 0 Å². The van der Waals surface area contributed by atoms with Gasteiger partial charge in [0, 0.05) is 46.3 Å². The van der Waals surface area contributed by atoms with Crippen molar-refractivity contribution in [3.05, 3.63) is 122 Å². The Kier molecular flexibility index (Phi) is 12.9. The Labute approximate surface area is 351 Å². The van der Waals surface area contributed by atoms with E-state index in [9.17, 15) is 0 Å². The van der Waals surface area contributed by atoms with Crippen molar-refractivity contribution in [1.82, 2.24) is 14.3 Å². The van der Waals surface area contributed by atoms with E-state index in [2.05, 4.69) is 98.1 Å². The van der Waals surface area contributed by atoms with Gasteiger partial charge in [-0.3, -0.25) is 4.79 Å². The van der Waals surface area contributed by atoms with E-state index in [-0.39, 0.29) is 21.9 Å². The molecule has 57 heavy (non-hydrogen) atoms. The Bertz CT molecular complexity index is 2260. The van der Waals surface area contributed by atoms with Crippen LogP contribution in [0.15, 0.2) is 83.8 Å². The number of fused-ring (bicyclic) bond motifs is 1. The highest BCUT2D eigenvalue weighted by atomic mass is 35.5. The highest BCUT2D eigenvalue weighted by molar-refractivity contribution is 6.74. The fourth-order valence-electron chi connectivity index (χ4n) is 7.13. The molecule has 0 N–H and O–H groups in total. The van der Waals surface area contributed by atoms with Crippen LogP contribution in [-0.2, 0) is 13.6 Å². The molecule has 1 unspecified atom stereocenters. The standard InChI is InChI=1S/C46H61Cl2N3O4Si2/c1-31-38-28-33(21-22-40(38)51(49-31)42-20-12-13-25-53-42)37-23-24-50(41(34-17-15-19-36(48)27-34)30-55-57(10,11)46(5,6)7)44(52)43(37)39(32-16-14-18-35(47)26-32)29-54-56(8,9)45(2,3)4/h14-19,21-24,26-28,39,41-42H,12-13,20,25,29-30H2,1-11H3/t39-,41+,42?/m0/s1. The second-order valence-corrected chi connectivity index (χ2v) is 29.3. The van der Waals surface area contributed by atoms with E-state index in [0.717, 1.165) is 64.7 Å². The maximum atomic E-state index is 15.7. The van der Waals surface area contributed by atoms with Crippen LogP contribution in [0, 0.1) is 6.92 Å². The molecule has 0 amide bonds. The van der Waals surface area contributed by atoms with Crippen LogP contribution < -0.4 is 5.56 Å². The summed E-state index contributed by atoms with van der Waals surface area (Å²) in [6.07, 6.45) is 4.96. The average molecular weight is 847 g/mol. The van der Waals surface area contributed by atoms with E-state index in [1.165, 1.54) is 0 Å². The van der Waals surface area contributed by atoms with Gasteiger partial charge in [0.2, 0.25) is 0 Å². The van der Waals surface area contributed by atoms with Gasteiger partial charge in [0.15, 0.2) is 22.9 Å². The van der Waals surface area contributed by atoms with Crippen molar-refractivity contribution in [3.63, 3.8) is 0 Å². The molecule has 3 aromatic carbocycles. The summed E-state index contributed by atoms with van der Waals surface area (Å²) in [5.41, 5.74) is 6.10. The molecule has 6 rings (SSSR count). The Hall–Kier alpha value is -3.03. The van der Waals surface area contributed by atoms with Crippen LogP contribution in [0.1, 0.15) is 101 Å². The highest BCUT2D eigenvalue weighted by Gasteiger charge is 2.40. The molecule has 0 bridgehead atoms. The van der Waals surface area contributed by atoms with Crippen LogP contribution in [0.25, 0.3) is 22.0 Å². The fourth-order valence-corrected chi connectivity index (χ4v) is 9.55. The second kappa shape index (κ2) is 16.9. The topological polar surface area (TPSA) is 67.5 Å². The number of hydrogen-bond donors (Lipinski definition) is 0. The Morgan fingerprint density at radius 1 is 0.825 bits per heavy atom. The fraction of sp³-hybridized carbons (Fsp3) is 0.478. The summed E-state index contributed by atoms with van der Waals surface area (Å²) < 4.78 is 24.0. The smallest absolute Gasteiger partial charge is 0.255 e. The lowest BCUT2D eigenvalue weighted by Gasteiger charge is -2.38. The van der Waals surface area contributed by atoms with E-state index in [1.54, 1.807) is 0 Å². The molecule has 5 aromatic rings. The number of nitrogens with zero attached hydrogens (tertiary/aromatic N) is 3. The molecule has 3 heterocycles. The quantitative estimate of drug-likeness (QED) is 0.117. The van der Waals surface area contributed by atoms with Crippen LogP contribution in [0.2, 0.25) is 46.3 Å². The zero-order valence-corrected chi connectivity index (χ0v) is 39.2. The molecule has 3 atom stereocenters. The summed E-state index contributed by atoms with van der Waals surface area (Å²) in [5, 5.41) is 7.17. The van der Waals surface area contributed by atoms with Crippen molar-refractivity contribution in [2.24, 2.45) is 0 Å². The van der Waals surface area contributed by atoms with Gasteiger partial charge in [-0.15, -0.1) is 0 Å². The van der Waals surface area contributed by atoms with Crippen LogP contribution in [0.3, 0.4) is 0 Å². The van der Waals surface area contributed by atoms with Crippen molar-refractivity contribution in [1.29, 1.82) is 0 Å². The minimum Gasteiger partial charge on any atom is -0.416 e. The van der Waals surface area contributed by atoms with Gasteiger partial charge in [-0.2, -0.15) is 5.10 Å². The number of aryl methyl sites for hydroxylation is 1. The first kappa shape index (κ1) is 43.5. The minimum atomic E-state index is -2.26. The molecule has 1 aliphatic heterocycles. The molecule has 0 aliphatic carbocycles. The van der Waals surface area contributed by atoms with Gasteiger partial charge >= 0.3 is 0 Å². The summed E-state index contributed by atoms with van der Waals surface area (Å²) >= 11 is 13.4. The molecule has 0 saturated carbocycles. The maximum absolute atomic E-state index is 15.7. The van der Waals surface area contributed by atoms with E-state index in [4.69, 9.17) is 41.9 Å². The Morgan fingerprint density at radius 2 is 1.44 bits per heavy atom. The molecule has 0 radical (unpaired) electrons. The zero-order chi connectivity index (χ0) is 41.5. The van der Waals surface area contributed by atoms with Gasteiger partial charge in [0.1, 0.15) is 0 Å². The monoisotopic (exact) mass is 845 g/mol. The van der Waals surface area contributed by atoms with E-state index >= 15 is 4.79 Å². The van der Waals surface area contributed by atoms with Crippen molar-refractivity contribution in [3.8, 4) is 11.1 Å². The first-order valence-electron chi connectivity index (χ1n) is 20.3. The second-order valence-electron chi connectivity index (χ2n) is 18.8. The summed E-state index contributed by atoms with van der Waals surface area (Å²) in [5.74, 6) is -0.427. The van der Waals surface area contributed by atoms with E-state index < -0.39 is 28.6 Å². The normalized spacial score (nSPS) is 16.9. The lowest BCUT2D eigenvalue weighted by Crippen LogP contribution is -2.43. The number of halogens is 2. The minimum absolute atomic E-state index is 0.0156. The molecular weight excluding hydrogens is 786 g/mol. The predicted molar refractivity (Wildman–Crippen MR) is 242 cm³/mol. The van der Waals surface area contributed by atoms with Gasteiger partial charge in [-0.05, 0) is 127 Å². The number of aromatic nitrogens is 3. The Morgan fingerprint density at radius 3 is 2.04 bits per heavy atom. The van der Waals surface area contributed by atoms with Crippen LogP contribution in [0.4, 0.5) is 0 Å². The molecule has 7 nitrogen and oxygen atoms in total. The van der Waals surface area contributed by atoms with Gasteiger partial charge in [-0.25, -0.2) is 4.68 Å². The highest BCUT2D eigenvalue weighted by Crippen LogP contribution is 2.41. The van der Waals surface area contributed by atoms with Crippen molar-refractivity contribution in [2.75, 3.05) is 19.8 Å². The summed E-state index contributed by atoms with van der Waals surface area (Å²) in [4.78, 5) is 15.7. The summed E-state index contributed by atoms with van der Waals surface area (Å²) in [7, 11) is -4.47. The third-order valence-electron chi connectivity index (χ3n) is 12.8. The largest absolute Gasteiger partial charge is 0.416 e. The van der Waals surface area contributed by atoms with Crippen molar-refractivity contribution < 1.29 is 13.6 Å². The number of benzene rings is 3. The van der Waals surface area contributed by atoms with Gasteiger partial charge < -0.3 is 18.2 Å². The predicted octanol–water partition coefficient (Wildman–Crippen LogP) is 12.9. The molecular formula is C46H61Cl2N3O4Si2. The van der Waals surface area contributed by atoms with Gasteiger partial charge in [-0.1, -0.05) is 95.1 Å². The molecule has 0 spiro atoms. The van der Waals surface area contributed by atoms with E-state index in [1.807, 2.05) is 64.8 Å². The third kappa shape index (κ3) is 9.41. The SMILES string of the molecule is Cc1nn(C2CCCCO2)c2ccc(-c3ccn([C@H](CO[Si](C)(C)C(C)(C)C)c4cccc(Cl)c4)c(=O)c3[C@@H](CO[Si](C)(C)C(C)(C)C)c3cccc(Cl)c3)cc12. The van der Waals surface area contributed by atoms with Crippen molar-refractivity contribution in [2.45, 2.75) is 122 Å². The number of ether oxygens (including phenoxy) is 1. The van der Waals surface area contributed by atoms with E-state index in [0.29, 0.717) is 28.8 Å². The summed E-state index contributed by atoms with van der Waals surface area (Å²) in [6, 6.07) is 23.7. The first-order valence-corrected chi connectivity index (χ1v) is 26.9. The third-order valence-corrected chi connectivity index (χ3v) is 22.3. The van der Waals surface area contributed by atoms with Crippen LogP contribution in [-0.4, -0.2) is 50.8 Å². The lowest BCUT2D eigenvalue weighted by molar-refractivity contribution is -0.0368.